The number of nitrogens with one attached hydrogen (secondary N) is 1. The molecule has 0 aromatic carbocycles. The molecule has 160 valence electrons. The first-order valence-corrected chi connectivity index (χ1v) is 10.4. The molecule has 10 heteroatoms. The van der Waals surface area contributed by atoms with E-state index in [0.717, 1.165) is 34.7 Å². The van der Waals surface area contributed by atoms with E-state index < -0.39 is 5.41 Å². The van der Waals surface area contributed by atoms with Crippen molar-refractivity contribution in [1.82, 2.24) is 29.5 Å². The summed E-state index contributed by atoms with van der Waals surface area (Å²) in [6.07, 6.45) is 7.02. The van der Waals surface area contributed by atoms with Crippen LogP contribution in [0, 0.1) is 0 Å². The molecule has 5 heterocycles. The van der Waals surface area contributed by atoms with E-state index in [0.29, 0.717) is 31.9 Å². The molecule has 0 atom stereocenters. The highest BCUT2D eigenvalue weighted by atomic mass is 16.2. The number of hydrogen-bond donors (Lipinski definition) is 1. The lowest BCUT2D eigenvalue weighted by molar-refractivity contribution is -0.133. The summed E-state index contributed by atoms with van der Waals surface area (Å²) >= 11 is 0. The molecule has 3 aromatic heterocycles. The molecule has 5 rings (SSSR count). The van der Waals surface area contributed by atoms with Crippen molar-refractivity contribution < 1.29 is 9.59 Å². The van der Waals surface area contributed by atoms with Gasteiger partial charge in [-0.1, -0.05) is 6.92 Å². The van der Waals surface area contributed by atoms with E-state index in [-0.39, 0.29) is 11.8 Å². The number of aryl methyl sites for hydroxylation is 1. The molecule has 1 N–H and O–H groups in total. The van der Waals surface area contributed by atoms with Gasteiger partial charge in [-0.15, -0.1) is 0 Å². The van der Waals surface area contributed by atoms with Crippen LogP contribution in [-0.2, 0) is 21.4 Å². The summed E-state index contributed by atoms with van der Waals surface area (Å²) < 4.78 is 1.70. The van der Waals surface area contributed by atoms with Gasteiger partial charge < -0.3 is 15.1 Å². The minimum atomic E-state index is -0.709. The van der Waals surface area contributed by atoms with E-state index in [2.05, 4.69) is 27.3 Å². The number of anilines is 3. The molecule has 10 nitrogen and oxygen atoms in total. The van der Waals surface area contributed by atoms with Crippen molar-refractivity contribution >= 4 is 34.8 Å². The van der Waals surface area contributed by atoms with Crippen molar-refractivity contribution in [2.24, 2.45) is 0 Å². The summed E-state index contributed by atoms with van der Waals surface area (Å²) in [5.74, 6) is 0.495. The highest BCUT2D eigenvalue weighted by molar-refractivity contribution is 6.07. The van der Waals surface area contributed by atoms with Crippen LogP contribution in [0.25, 0.3) is 5.65 Å². The Bertz CT molecular complexity index is 1200. The highest BCUT2D eigenvalue weighted by Crippen LogP contribution is 2.46. The second kappa shape index (κ2) is 7.00. The smallest absolute Gasteiger partial charge is 0.239 e. The molecule has 2 aliphatic rings. The molecule has 0 aliphatic carbocycles. The van der Waals surface area contributed by atoms with Gasteiger partial charge in [0.25, 0.3) is 0 Å². The van der Waals surface area contributed by atoms with E-state index in [9.17, 15) is 9.59 Å². The quantitative estimate of drug-likeness (QED) is 0.687. The van der Waals surface area contributed by atoms with Crippen molar-refractivity contribution in [3.05, 3.63) is 36.0 Å². The fourth-order valence-corrected chi connectivity index (χ4v) is 4.65. The van der Waals surface area contributed by atoms with Crippen LogP contribution in [-0.4, -0.2) is 61.4 Å². The van der Waals surface area contributed by atoms with Crippen LogP contribution in [0.4, 0.5) is 17.3 Å². The molecule has 1 spiro atoms. The third kappa shape index (κ3) is 2.93. The molecule has 2 aliphatic heterocycles. The molecular formula is C21H24N8O2. The fraction of sp³-hybridized carbons (Fsp3) is 0.429. The van der Waals surface area contributed by atoms with E-state index in [1.165, 1.54) is 6.33 Å². The maximum absolute atomic E-state index is 13.2. The first-order chi connectivity index (χ1) is 14.9. The van der Waals surface area contributed by atoms with Gasteiger partial charge in [-0.25, -0.2) is 19.5 Å². The maximum atomic E-state index is 13.2. The van der Waals surface area contributed by atoms with Crippen LogP contribution in [0.15, 0.2) is 24.8 Å². The minimum Gasteiger partial charge on any atom is -0.343 e. The van der Waals surface area contributed by atoms with Crippen LogP contribution in [0.1, 0.15) is 37.9 Å². The lowest BCUT2D eigenvalue weighted by Crippen LogP contribution is -2.49. The lowest BCUT2D eigenvalue weighted by Gasteiger charge is -2.37. The third-order valence-electron chi connectivity index (χ3n) is 6.49. The average molecular weight is 420 g/mol. The van der Waals surface area contributed by atoms with Crippen LogP contribution < -0.4 is 10.2 Å². The summed E-state index contributed by atoms with van der Waals surface area (Å²) in [7, 11) is 1.76. The molecular weight excluding hydrogens is 396 g/mol. The Kier molecular flexibility index (Phi) is 4.38. The Morgan fingerprint density at radius 2 is 2.03 bits per heavy atom. The standard InChI is InChI=1S/C21H24N8O2/c1-4-14-9-17-23-12-24-29(17)11-15(14)25-20-22-10-16-18(26-20)21(19(31)27(16)3)5-7-28(8-6-21)13(2)30/h9-12H,4-8H2,1-3H3,(H,22,25,26). The van der Waals surface area contributed by atoms with Crippen LogP contribution in [0.2, 0.25) is 0 Å². The Labute approximate surface area is 179 Å². The zero-order valence-electron chi connectivity index (χ0n) is 17.8. The zero-order valence-corrected chi connectivity index (χ0v) is 17.8. The van der Waals surface area contributed by atoms with Crippen molar-refractivity contribution in [2.45, 2.75) is 38.5 Å². The number of likely N-dealkylation sites (N-methyl/N-ethyl adjacent to an activating group) is 1. The lowest BCUT2D eigenvalue weighted by atomic mass is 9.76. The van der Waals surface area contributed by atoms with Crippen LogP contribution >= 0.6 is 0 Å². The largest absolute Gasteiger partial charge is 0.343 e. The number of piperidine rings is 1. The molecule has 1 fully saturated rings. The zero-order chi connectivity index (χ0) is 21.8. The molecule has 31 heavy (non-hydrogen) atoms. The van der Waals surface area contributed by atoms with E-state index in [1.807, 2.05) is 12.3 Å². The fourth-order valence-electron chi connectivity index (χ4n) is 4.65. The highest BCUT2D eigenvalue weighted by Gasteiger charge is 2.53. The number of carbonyl (C=O) groups is 2. The van der Waals surface area contributed by atoms with Gasteiger partial charge in [-0.3, -0.25) is 9.59 Å². The topological polar surface area (TPSA) is 109 Å². The number of carbonyl (C=O) groups excluding carboxylic acids is 2. The Hall–Kier alpha value is -3.56. The number of fused-ring (bicyclic) bond motifs is 3. The summed E-state index contributed by atoms with van der Waals surface area (Å²) in [5, 5.41) is 7.51. The SMILES string of the molecule is CCc1cc2ncnn2cc1Nc1ncc2c(n1)C1(CCN(C(C)=O)CC1)C(=O)N2C. The Morgan fingerprint density at radius 3 is 2.74 bits per heavy atom. The summed E-state index contributed by atoms with van der Waals surface area (Å²) in [6.45, 7) is 4.73. The molecule has 0 bridgehead atoms. The molecule has 0 unspecified atom stereocenters. The van der Waals surface area contributed by atoms with E-state index >= 15 is 0 Å². The number of amides is 2. The van der Waals surface area contributed by atoms with Crippen LogP contribution in [0.5, 0.6) is 0 Å². The summed E-state index contributed by atoms with van der Waals surface area (Å²) in [5.41, 5.74) is 3.45. The first kappa shape index (κ1) is 19.4. The Balaban J connectivity index is 1.51. The number of aromatic nitrogens is 5. The number of likely N-dealkylation sites (tertiary alicyclic amines) is 1. The normalized spacial score (nSPS) is 17.5. The van der Waals surface area contributed by atoms with Gasteiger partial charge in [0, 0.05) is 27.1 Å². The molecule has 0 radical (unpaired) electrons. The summed E-state index contributed by atoms with van der Waals surface area (Å²) in [4.78, 5) is 41.9. The van der Waals surface area contributed by atoms with Crippen molar-refractivity contribution in [3.63, 3.8) is 0 Å². The second-order valence-corrected chi connectivity index (χ2v) is 8.13. The predicted octanol–water partition coefficient (Wildman–Crippen LogP) is 1.68. The van der Waals surface area contributed by atoms with Crippen LogP contribution in [0.3, 0.4) is 0 Å². The maximum Gasteiger partial charge on any atom is 0.239 e. The monoisotopic (exact) mass is 420 g/mol. The van der Waals surface area contributed by atoms with Gasteiger partial charge in [-0.2, -0.15) is 5.10 Å². The number of nitrogens with zero attached hydrogens (tertiary/aromatic N) is 7. The van der Waals surface area contributed by atoms with Crippen molar-refractivity contribution in [2.75, 3.05) is 30.4 Å². The van der Waals surface area contributed by atoms with Gasteiger partial charge in [-0.05, 0) is 30.9 Å². The van der Waals surface area contributed by atoms with Gasteiger partial charge in [0.1, 0.15) is 6.33 Å². The van der Waals surface area contributed by atoms with Gasteiger partial charge in [0.05, 0.1) is 34.9 Å². The minimum absolute atomic E-state index is 0.0236. The second-order valence-electron chi connectivity index (χ2n) is 8.13. The molecule has 0 saturated carbocycles. The Morgan fingerprint density at radius 1 is 1.26 bits per heavy atom. The van der Waals surface area contributed by atoms with Crippen molar-refractivity contribution in [1.29, 1.82) is 0 Å². The van der Waals surface area contributed by atoms with Gasteiger partial charge in [0.2, 0.25) is 17.8 Å². The van der Waals surface area contributed by atoms with Crippen molar-refractivity contribution in [3.8, 4) is 0 Å². The van der Waals surface area contributed by atoms with Gasteiger partial charge in [0.15, 0.2) is 5.65 Å². The molecule has 1 saturated heterocycles. The number of hydrogen-bond acceptors (Lipinski definition) is 7. The van der Waals surface area contributed by atoms with Gasteiger partial charge >= 0.3 is 0 Å². The molecule has 3 aromatic rings. The summed E-state index contributed by atoms with van der Waals surface area (Å²) in [6, 6.07) is 1.99. The average Bonchev–Trinajstić information content (AvgIpc) is 3.31. The first-order valence-electron chi connectivity index (χ1n) is 10.4. The number of pyridine rings is 1. The third-order valence-corrected chi connectivity index (χ3v) is 6.49. The van der Waals surface area contributed by atoms with E-state index in [4.69, 9.17) is 4.98 Å². The predicted molar refractivity (Wildman–Crippen MR) is 114 cm³/mol. The molecule has 2 amide bonds. The van der Waals surface area contributed by atoms with E-state index in [1.54, 1.807) is 34.5 Å². The number of rotatable bonds is 3.